The predicted molar refractivity (Wildman–Crippen MR) is 136 cm³/mol. The Hall–Kier alpha value is -3.92. The number of nitrogens with zero attached hydrogens (tertiary/aromatic N) is 1. The van der Waals surface area contributed by atoms with Gasteiger partial charge in [-0.15, -0.1) is 0 Å². The summed E-state index contributed by atoms with van der Waals surface area (Å²) in [4.78, 5) is 40.5. The Labute approximate surface area is 212 Å². The molecule has 2 amide bonds. The van der Waals surface area contributed by atoms with Crippen LogP contribution in [0.3, 0.4) is 0 Å². The zero-order chi connectivity index (χ0) is 26.0. The van der Waals surface area contributed by atoms with E-state index in [-0.39, 0.29) is 23.2 Å². The van der Waals surface area contributed by atoms with Crippen LogP contribution in [0, 0.1) is 0 Å². The Kier molecular flexibility index (Phi) is 6.98. The number of hydrogen-bond acceptors (Lipinski definition) is 7. The van der Waals surface area contributed by atoms with E-state index in [0.29, 0.717) is 5.01 Å². The van der Waals surface area contributed by atoms with Crippen LogP contribution in [0.4, 0.5) is 14.6 Å². The number of thiazole rings is 1. The van der Waals surface area contributed by atoms with Crippen LogP contribution in [0.1, 0.15) is 66.3 Å². The molecule has 3 N–H and O–H groups in total. The molecule has 1 aliphatic carbocycles. The minimum atomic E-state index is -1.31. The molecule has 4 rings (SSSR count). The lowest BCUT2D eigenvalue weighted by molar-refractivity contribution is 0.0507. The number of hydrogen-bond donors (Lipinski definition) is 3. The maximum atomic E-state index is 12.6. The second-order valence-electron chi connectivity index (χ2n) is 9.35. The van der Waals surface area contributed by atoms with Crippen LogP contribution >= 0.6 is 11.3 Å². The summed E-state index contributed by atoms with van der Waals surface area (Å²) in [7, 11) is 0. The van der Waals surface area contributed by atoms with Gasteiger partial charge in [-0.1, -0.05) is 59.9 Å². The van der Waals surface area contributed by atoms with Crippen LogP contribution in [-0.2, 0) is 9.47 Å². The summed E-state index contributed by atoms with van der Waals surface area (Å²) in [5.41, 5.74) is 3.33. The normalized spacial score (nSPS) is 13.3. The van der Waals surface area contributed by atoms with Crippen molar-refractivity contribution in [2.75, 3.05) is 11.9 Å². The fraction of sp³-hybridized carbons (Fsp3) is 0.308. The summed E-state index contributed by atoms with van der Waals surface area (Å²) in [6.07, 6.45) is -1.45. The maximum absolute atomic E-state index is 12.6. The topological polar surface area (TPSA) is 127 Å². The van der Waals surface area contributed by atoms with Crippen LogP contribution in [0.5, 0.6) is 0 Å². The number of aromatic carboxylic acids is 1. The van der Waals surface area contributed by atoms with Crippen molar-refractivity contribution in [3.05, 3.63) is 70.4 Å². The molecule has 36 heavy (non-hydrogen) atoms. The van der Waals surface area contributed by atoms with E-state index in [4.69, 9.17) is 9.47 Å². The molecule has 2 aromatic carbocycles. The van der Waals surface area contributed by atoms with Gasteiger partial charge in [0.25, 0.3) is 0 Å². The largest absolute Gasteiger partial charge is 0.476 e. The van der Waals surface area contributed by atoms with Crippen LogP contribution in [0.25, 0.3) is 11.1 Å². The molecule has 0 spiro atoms. The van der Waals surface area contributed by atoms with Gasteiger partial charge in [-0.2, -0.15) is 0 Å². The van der Waals surface area contributed by atoms with Gasteiger partial charge in [0.05, 0.1) is 6.04 Å². The molecule has 188 valence electrons. The third-order valence-corrected chi connectivity index (χ3v) is 6.66. The lowest BCUT2D eigenvalue weighted by atomic mass is 9.98. The van der Waals surface area contributed by atoms with Gasteiger partial charge in [0.2, 0.25) is 0 Å². The first-order valence-corrected chi connectivity index (χ1v) is 12.2. The number of carboxylic acids is 1. The minimum absolute atomic E-state index is 0.0209. The second kappa shape index (κ2) is 9.98. The molecular weight excluding hydrogens is 482 g/mol. The summed E-state index contributed by atoms with van der Waals surface area (Å²) in [5.74, 6) is -1.44. The van der Waals surface area contributed by atoms with Crippen LogP contribution < -0.4 is 10.6 Å². The van der Waals surface area contributed by atoms with Crippen molar-refractivity contribution in [2.45, 2.75) is 45.3 Å². The lowest BCUT2D eigenvalue weighted by Gasteiger charge is -2.21. The van der Waals surface area contributed by atoms with Crippen LogP contribution in [-0.4, -0.2) is 40.5 Å². The van der Waals surface area contributed by atoms with E-state index in [1.165, 1.54) is 0 Å². The SMILES string of the molecule is CC(NC(=O)OC(C)(C)C)c1nc(C(=O)O)c(NC(=O)OCC2c3ccccc3-c3ccccc32)s1. The number of carbonyl (C=O) groups is 3. The molecular formula is C26H27N3O6S. The van der Waals surface area contributed by atoms with Crippen molar-refractivity contribution >= 4 is 34.5 Å². The number of rotatable bonds is 6. The van der Waals surface area contributed by atoms with Gasteiger partial charge in [0.15, 0.2) is 5.69 Å². The molecule has 0 bridgehead atoms. The summed E-state index contributed by atoms with van der Waals surface area (Å²) in [6.45, 7) is 6.94. The monoisotopic (exact) mass is 509 g/mol. The Morgan fingerprint density at radius 1 is 1.03 bits per heavy atom. The highest BCUT2D eigenvalue weighted by Crippen LogP contribution is 2.44. The number of nitrogens with one attached hydrogen (secondary N) is 2. The second-order valence-corrected chi connectivity index (χ2v) is 10.4. The number of alkyl carbamates (subject to hydrolysis) is 1. The van der Waals surface area contributed by atoms with Gasteiger partial charge >= 0.3 is 18.2 Å². The standard InChI is InChI=1S/C26H27N3O6S/c1-14(27-25(33)35-26(2,3)4)21-28-20(23(30)31)22(36-21)29-24(32)34-13-19-17-11-7-5-9-15(17)16-10-6-8-12-18(16)19/h5-12,14,19H,13H2,1-4H3,(H,27,33)(H,29,32)(H,30,31). The molecule has 1 aromatic heterocycles. The van der Waals surface area contributed by atoms with E-state index in [1.807, 2.05) is 48.5 Å². The molecule has 0 radical (unpaired) electrons. The van der Waals surface area contributed by atoms with Crippen molar-refractivity contribution in [2.24, 2.45) is 0 Å². The zero-order valence-corrected chi connectivity index (χ0v) is 21.1. The van der Waals surface area contributed by atoms with Crippen LogP contribution in [0.15, 0.2) is 48.5 Å². The first kappa shape index (κ1) is 25.2. The molecule has 1 heterocycles. The van der Waals surface area contributed by atoms with Gasteiger partial charge in [-0.05, 0) is 49.9 Å². The van der Waals surface area contributed by atoms with Gasteiger partial charge in [-0.25, -0.2) is 19.4 Å². The molecule has 0 saturated carbocycles. The number of carboxylic acid groups (broad SMARTS) is 1. The number of benzene rings is 2. The predicted octanol–water partition coefficient (Wildman–Crippen LogP) is 5.79. The number of amides is 2. The molecule has 3 aromatic rings. The molecule has 1 atom stereocenters. The Balaban J connectivity index is 1.44. The number of carbonyl (C=O) groups excluding carboxylic acids is 2. The van der Waals surface area contributed by atoms with E-state index in [2.05, 4.69) is 15.6 Å². The molecule has 9 nitrogen and oxygen atoms in total. The first-order chi connectivity index (χ1) is 17.0. The fourth-order valence-corrected chi connectivity index (χ4v) is 4.97. The zero-order valence-electron chi connectivity index (χ0n) is 20.3. The van der Waals surface area contributed by atoms with Crippen molar-refractivity contribution in [1.29, 1.82) is 0 Å². The minimum Gasteiger partial charge on any atom is -0.476 e. The van der Waals surface area contributed by atoms with E-state index in [0.717, 1.165) is 33.6 Å². The van der Waals surface area contributed by atoms with Crippen molar-refractivity contribution in [3.63, 3.8) is 0 Å². The summed E-state index contributed by atoms with van der Waals surface area (Å²) in [6, 6.07) is 15.3. The van der Waals surface area contributed by atoms with Crippen LogP contribution in [0.2, 0.25) is 0 Å². The highest BCUT2D eigenvalue weighted by atomic mass is 32.1. The van der Waals surface area contributed by atoms with E-state index in [9.17, 15) is 19.5 Å². The highest BCUT2D eigenvalue weighted by Gasteiger charge is 2.30. The fourth-order valence-electron chi connectivity index (χ4n) is 4.02. The number of ether oxygens (including phenoxy) is 2. The number of anilines is 1. The Bertz CT molecular complexity index is 1270. The average molecular weight is 510 g/mol. The van der Waals surface area contributed by atoms with Crippen molar-refractivity contribution in [1.82, 2.24) is 10.3 Å². The lowest BCUT2D eigenvalue weighted by Crippen LogP contribution is -2.34. The molecule has 1 unspecified atom stereocenters. The maximum Gasteiger partial charge on any atom is 0.412 e. The number of fused-ring (bicyclic) bond motifs is 3. The Morgan fingerprint density at radius 3 is 2.17 bits per heavy atom. The molecule has 0 fully saturated rings. The highest BCUT2D eigenvalue weighted by molar-refractivity contribution is 7.16. The number of aromatic nitrogens is 1. The third-order valence-electron chi connectivity index (χ3n) is 5.51. The van der Waals surface area contributed by atoms with Crippen molar-refractivity contribution < 1.29 is 29.0 Å². The summed E-state index contributed by atoms with van der Waals surface area (Å²) < 4.78 is 10.7. The van der Waals surface area contributed by atoms with E-state index in [1.54, 1.807) is 27.7 Å². The van der Waals surface area contributed by atoms with Crippen molar-refractivity contribution in [3.8, 4) is 11.1 Å². The quantitative estimate of drug-likeness (QED) is 0.384. The third kappa shape index (κ3) is 5.49. The Morgan fingerprint density at radius 2 is 1.61 bits per heavy atom. The first-order valence-electron chi connectivity index (χ1n) is 11.4. The van der Waals surface area contributed by atoms with Gasteiger partial charge < -0.3 is 19.9 Å². The average Bonchev–Trinajstić information content (AvgIpc) is 3.36. The van der Waals surface area contributed by atoms with Gasteiger partial charge in [0.1, 0.15) is 22.2 Å². The molecule has 1 aliphatic rings. The molecule has 0 aliphatic heterocycles. The molecule has 10 heteroatoms. The van der Waals surface area contributed by atoms with Gasteiger partial charge in [-0.3, -0.25) is 5.32 Å². The van der Waals surface area contributed by atoms with Gasteiger partial charge in [0, 0.05) is 5.92 Å². The van der Waals surface area contributed by atoms with E-state index >= 15 is 0 Å². The summed E-state index contributed by atoms with van der Waals surface area (Å²) >= 11 is 0.945. The smallest absolute Gasteiger partial charge is 0.412 e. The van der Waals surface area contributed by atoms with E-state index < -0.39 is 29.8 Å². The summed E-state index contributed by atoms with van der Waals surface area (Å²) in [5, 5.41) is 15.0. The molecule has 0 saturated heterocycles.